The first-order valence-corrected chi connectivity index (χ1v) is 8.67. The molecule has 0 aromatic heterocycles. The van der Waals surface area contributed by atoms with Crippen molar-refractivity contribution in [3.63, 3.8) is 0 Å². The molecule has 0 radical (unpaired) electrons. The zero-order valence-corrected chi connectivity index (χ0v) is 14.9. The summed E-state index contributed by atoms with van der Waals surface area (Å²) < 4.78 is 38.6. The van der Waals surface area contributed by atoms with Gasteiger partial charge in [0.1, 0.15) is 0 Å². The van der Waals surface area contributed by atoms with Gasteiger partial charge in [-0.3, -0.25) is 4.90 Å². The van der Waals surface area contributed by atoms with Crippen LogP contribution in [0.15, 0.2) is 42.5 Å². The van der Waals surface area contributed by atoms with Crippen molar-refractivity contribution in [3.8, 4) is 0 Å². The molecule has 0 N–H and O–H groups in total. The number of nitrogens with zero attached hydrogens (tertiary/aromatic N) is 2. The molecule has 7 heteroatoms. The number of anilines is 1. The lowest BCUT2D eigenvalue weighted by molar-refractivity contribution is -0.137. The van der Waals surface area contributed by atoms with Crippen molar-refractivity contribution < 1.29 is 13.2 Å². The number of halogens is 5. The summed E-state index contributed by atoms with van der Waals surface area (Å²) in [4.78, 5) is 4.18. The monoisotopic (exact) mass is 388 g/mol. The van der Waals surface area contributed by atoms with Crippen LogP contribution in [0, 0.1) is 0 Å². The van der Waals surface area contributed by atoms with E-state index >= 15 is 0 Å². The molecule has 2 aromatic carbocycles. The SMILES string of the molecule is FC(F)(F)c1cccc(N2CCN(Cc3c(Cl)cccc3Cl)CC2)c1. The van der Waals surface area contributed by atoms with Crippen LogP contribution in [-0.4, -0.2) is 31.1 Å². The van der Waals surface area contributed by atoms with Crippen LogP contribution in [-0.2, 0) is 12.7 Å². The molecule has 3 rings (SSSR count). The third-order valence-corrected chi connectivity index (χ3v) is 5.06. The van der Waals surface area contributed by atoms with Gasteiger partial charge in [-0.1, -0.05) is 35.3 Å². The molecule has 0 unspecified atom stereocenters. The third-order valence-electron chi connectivity index (χ3n) is 4.35. The Balaban J connectivity index is 1.64. The molecule has 1 aliphatic heterocycles. The largest absolute Gasteiger partial charge is 0.416 e. The van der Waals surface area contributed by atoms with Gasteiger partial charge in [0.2, 0.25) is 0 Å². The predicted octanol–water partition coefficient (Wildman–Crippen LogP) is 5.33. The van der Waals surface area contributed by atoms with Gasteiger partial charge in [-0.2, -0.15) is 13.2 Å². The molecular weight excluding hydrogens is 372 g/mol. The Bertz CT molecular complexity index is 721. The summed E-state index contributed by atoms with van der Waals surface area (Å²) in [7, 11) is 0. The third kappa shape index (κ3) is 4.40. The van der Waals surface area contributed by atoms with Gasteiger partial charge in [0.05, 0.1) is 5.56 Å². The highest BCUT2D eigenvalue weighted by Crippen LogP contribution is 2.32. The van der Waals surface area contributed by atoms with Gasteiger partial charge < -0.3 is 4.90 Å². The summed E-state index contributed by atoms with van der Waals surface area (Å²) in [5.74, 6) is 0. The highest BCUT2D eigenvalue weighted by atomic mass is 35.5. The normalized spacial score (nSPS) is 16.3. The standard InChI is InChI=1S/C18H17Cl2F3N2/c19-16-5-2-6-17(20)15(16)12-24-7-9-25(10-8-24)14-4-1-3-13(11-14)18(21,22)23/h1-6,11H,7-10,12H2. The maximum atomic E-state index is 12.9. The fraction of sp³-hybridized carbons (Fsp3) is 0.333. The van der Waals surface area contributed by atoms with Gasteiger partial charge in [-0.05, 0) is 30.3 Å². The maximum absolute atomic E-state index is 12.9. The Morgan fingerprint density at radius 3 is 2.08 bits per heavy atom. The first kappa shape index (κ1) is 18.4. The zero-order valence-electron chi connectivity index (χ0n) is 13.4. The molecular formula is C18H17Cl2F3N2. The molecule has 25 heavy (non-hydrogen) atoms. The lowest BCUT2D eigenvalue weighted by Crippen LogP contribution is -2.46. The molecule has 2 aromatic rings. The maximum Gasteiger partial charge on any atom is 0.416 e. The summed E-state index contributed by atoms with van der Waals surface area (Å²) in [5, 5.41) is 1.26. The minimum atomic E-state index is -4.32. The Morgan fingerprint density at radius 2 is 1.48 bits per heavy atom. The first-order chi connectivity index (χ1) is 11.8. The Hall–Kier alpha value is -1.43. The van der Waals surface area contributed by atoms with Gasteiger partial charge in [-0.25, -0.2) is 0 Å². The van der Waals surface area contributed by atoms with E-state index in [2.05, 4.69) is 4.90 Å². The van der Waals surface area contributed by atoms with Gasteiger partial charge in [0, 0.05) is 54.0 Å². The first-order valence-electron chi connectivity index (χ1n) is 7.92. The molecule has 1 aliphatic rings. The van der Waals surface area contributed by atoms with Gasteiger partial charge in [0.15, 0.2) is 0 Å². The Labute approximate surface area is 154 Å². The number of rotatable bonds is 3. The fourth-order valence-electron chi connectivity index (χ4n) is 2.95. The second-order valence-electron chi connectivity index (χ2n) is 6.01. The van der Waals surface area contributed by atoms with E-state index in [4.69, 9.17) is 23.2 Å². The number of hydrogen-bond acceptors (Lipinski definition) is 2. The minimum Gasteiger partial charge on any atom is -0.369 e. The van der Waals surface area contributed by atoms with Crippen LogP contribution in [0.1, 0.15) is 11.1 Å². The zero-order chi connectivity index (χ0) is 18.0. The van der Waals surface area contributed by atoms with E-state index in [-0.39, 0.29) is 0 Å². The van der Waals surface area contributed by atoms with E-state index in [0.29, 0.717) is 35.4 Å². The number of piperazine rings is 1. The van der Waals surface area contributed by atoms with Crippen molar-refractivity contribution in [1.82, 2.24) is 4.90 Å². The van der Waals surface area contributed by atoms with Crippen molar-refractivity contribution in [1.29, 1.82) is 0 Å². The molecule has 0 bridgehead atoms. The van der Waals surface area contributed by atoms with Crippen molar-refractivity contribution in [2.24, 2.45) is 0 Å². The molecule has 1 fully saturated rings. The van der Waals surface area contributed by atoms with Gasteiger partial charge >= 0.3 is 6.18 Å². The van der Waals surface area contributed by atoms with Crippen LogP contribution in [0.3, 0.4) is 0 Å². The Morgan fingerprint density at radius 1 is 0.880 bits per heavy atom. The number of hydrogen-bond donors (Lipinski definition) is 0. The Kier molecular flexibility index (Phi) is 5.46. The average molecular weight is 389 g/mol. The van der Waals surface area contributed by atoms with E-state index < -0.39 is 11.7 Å². The molecule has 0 aliphatic carbocycles. The second-order valence-corrected chi connectivity index (χ2v) is 6.83. The van der Waals surface area contributed by atoms with E-state index in [0.717, 1.165) is 24.7 Å². The van der Waals surface area contributed by atoms with Crippen LogP contribution in [0.2, 0.25) is 10.0 Å². The van der Waals surface area contributed by atoms with E-state index in [1.807, 2.05) is 17.0 Å². The lowest BCUT2D eigenvalue weighted by Gasteiger charge is -2.36. The van der Waals surface area contributed by atoms with Crippen LogP contribution in [0.25, 0.3) is 0 Å². The van der Waals surface area contributed by atoms with E-state index in [1.165, 1.54) is 12.1 Å². The smallest absolute Gasteiger partial charge is 0.369 e. The highest BCUT2D eigenvalue weighted by Gasteiger charge is 2.31. The molecule has 0 saturated carbocycles. The second kappa shape index (κ2) is 7.44. The summed E-state index contributed by atoms with van der Waals surface area (Å²) >= 11 is 12.4. The summed E-state index contributed by atoms with van der Waals surface area (Å²) in [6.07, 6.45) is -4.32. The summed E-state index contributed by atoms with van der Waals surface area (Å²) in [6.45, 7) is 3.41. The van der Waals surface area contributed by atoms with Crippen LogP contribution in [0.4, 0.5) is 18.9 Å². The van der Waals surface area contributed by atoms with Gasteiger partial charge in [-0.15, -0.1) is 0 Å². The molecule has 1 heterocycles. The highest BCUT2D eigenvalue weighted by molar-refractivity contribution is 6.35. The molecule has 2 nitrogen and oxygen atoms in total. The number of benzene rings is 2. The molecule has 0 spiro atoms. The quantitative estimate of drug-likeness (QED) is 0.700. The molecule has 1 saturated heterocycles. The fourth-order valence-corrected chi connectivity index (χ4v) is 3.47. The number of alkyl halides is 3. The minimum absolute atomic E-state index is 0.602. The van der Waals surface area contributed by atoms with Crippen molar-refractivity contribution in [2.75, 3.05) is 31.1 Å². The van der Waals surface area contributed by atoms with Crippen LogP contribution >= 0.6 is 23.2 Å². The van der Waals surface area contributed by atoms with E-state index in [9.17, 15) is 13.2 Å². The molecule has 0 amide bonds. The molecule has 134 valence electrons. The van der Waals surface area contributed by atoms with Crippen molar-refractivity contribution in [3.05, 3.63) is 63.6 Å². The van der Waals surface area contributed by atoms with Gasteiger partial charge in [0.25, 0.3) is 0 Å². The lowest BCUT2D eigenvalue weighted by atomic mass is 10.1. The van der Waals surface area contributed by atoms with Crippen molar-refractivity contribution >= 4 is 28.9 Å². The topological polar surface area (TPSA) is 6.48 Å². The van der Waals surface area contributed by atoms with E-state index in [1.54, 1.807) is 12.1 Å². The summed E-state index contributed by atoms with van der Waals surface area (Å²) in [6, 6.07) is 10.9. The summed E-state index contributed by atoms with van der Waals surface area (Å²) in [5.41, 5.74) is 0.874. The molecule has 0 atom stereocenters. The van der Waals surface area contributed by atoms with Crippen LogP contribution in [0.5, 0.6) is 0 Å². The van der Waals surface area contributed by atoms with Crippen molar-refractivity contribution in [2.45, 2.75) is 12.7 Å². The van der Waals surface area contributed by atoms with Crippen LogP contribution < -0.4 is 4.90 Å². The average Bonchev–Trinajstić information content (AvgIpc) is 2.58. The predicted molar refractivity (Wildman–Crippen MR) is 95.4 cm³/mol.